The van der Waals surface area contributed by atoms with Gasteiger partial charge in [-0.05, 0) is 31.4 Å². The summed E-state index contributed by atoms with van der Waals surface area (Å²) in [4.78, 5) is 15.6. The maximum atomic E-state index is 11.8. The van der Waals surface area contributed by atoms with Gasteiger partial charge in [-0.15, -0.1) is 12.6 Å². The Morgan fingerprint density at radius 3 is 3.05 bits per heavy atom. The zero-order valence-corrected chi connectivity index (χ0v) is 11.8. The molecule has 0 aromatic rings. The number of nitrogens with one attached hydrogen (secondary N) is 1. The lowest BCUT2D eigenvalue weighted by Gasteiger charge is -2.21. The first-order valence-corrected chi connectivity index (χ1v) is 6.43. The molecule has 0 bridgehead atoms. The second-order valence-electron chi connectivity index (χ2n) is 4.23. The van der Waals surface area contributed by atoms with E-state index in [-0.39, 0.29) is 23.9 Å². The van der Waals surface area contributed by atoms with Gasteiger partial charge in [-0.3, -0.25) is 4.79 Å². The lowest BCUT2D eigenvalue weighted by atomic mass is 10.0. The topological polar surface area (TPSA) is 70.9 Å². The summed E-state index contributed by atoms with van der Waals surface area (Å²) < 4.78 is 5.57. The molecule has 19 heavy (non-hydrogen) atoms. The van der Waals surface area contributed by atoms with Gasteiger partial charge in [-0.25, -0.2) is 4.99 Å². The van der Waals surface area contributed by atoms with Crippen molar-refractivity contribution in [1.82, 2.24) is 5.32 Å². The molecule has 1 amide bonds. The van der Waals surface area contributed by atoms with Crippen LogP contribution in [0.25, 0.3) is 0 Å². The summed E-state index contributed by atoms with van der Waals surface area (Å²) >= 11 is 3.82. The Kier molecular flexibility index (Phi) is 6.38. The molecule has 1 unspecified atom stereocenters. The van der Waals surface area contributed by atoms with Crippen LogP contribution in [-0.4, -0.2) is 29.6 Å². The van der Waals surface area contributed by atoms with Crippen LogP contribution >= 0.6 is 12.6 Å². The molecule has 6 heteroatoms. The van der Waals surface area contributed by atoms with E-state index in [1.54, 1.807) is 6.08 Å². The summed E-state index contributed by atoms with van der Waals surface area (Å²) in [5.74, 6) is -0.217. The maximum absolute atomic E-state index is 11.8. The fraction of sp³-hybridized carbons (Fsp3) is 0.385. The fourth-order valence-corrected chi connectivity index (χ4v) is 1.67. The van der Waals surface area contributed by atoms with Crippen LogP contribution in [-0.2, 0) is 9.53 Å². The molecule has 0 saturated heterocycles. The molecule has 0 aliphatic heterocycles. The normalized spacial score (nSPS) is 19.9. The summed E-state index contributed by atoms with van der Waals surface area (Å²) in [6.07, 6.45) is 5.92. The molecule has 0 aromatic heterocycles. The van der Waals surface area contributed by atoms with Crippen molar-refractivity contribution in [2.24, 2.45) is 4.99 Å². The van der Waals surface area contributed by atoms with Crippen molar-refractivity contribution in [2.45, 2.75) is 32.5 Å². The molecule has 104 valence electrons. The molecule has 1 atom stereocenters. The van der Waals surface area contributed by atoms with Crippen LogP contribution in [0.4, 0.5) is 0 Å². The maximum Gasteiger partial charge on any atom is 0.256 e. The van der Waals surface area contributed by atoms with Crippen LogP contribution in [0, 0.1) is 0 Å². The van der Waals surface area contributed by atoms with Gasteiger partial charge in [-0.1, -0.05) is 0 Å². The molecule has 5 nitrogen and oxygen atoms in total. The molecule has 0 saturated carbocycles. The Balaban J connectivity index is 2.68. The largest absolute Gasteiger partial charge is 0.512 e. The van der Waals surface area contributed by atoms with Gasteiger partial charge in [0.15, 0.2) is 0 Å². The highest BCUT2D eigenvalue weighted by atomic mass is 32.1. The fourth-order valence-electron chi connectivity index (χ4n) is 1.59. The van der Waals surface area contributed by atoms with Crippen LogP contribution in [0.3, 0.4) is 0 Å². The van der Waals surface area contributed by atoms with E-state index in [0.29, 0.717) is 12.0 Å². The monoisotopic (exact) mass is 282 g/mol. The van der Waals surface area contributed by atoms with Crippen molar-refractivity contribution in [1.29, 1.82) is 0 Å². The van der Waals surface area contributed by atoms with Crippen molar-refractivity contribution in [3.05, 3.63) is 35.1 Å². The van der Waals surface area contributed by atoms with Gasteiger partial charge >= 0.3 is 0 Å². The number of rotatable bonds is 5. The van der Waals surface area contributed by atoms with Gasteiger partial charge in [0.25, 0.3) is 5.91 Å². The lowest BCUT2D eigenvalue weighted by Crippen LogP contribution is -2.27. The predicted octanol–water partition coefficient (Wildman–Crippen LogP) is 2.10. The molecule has 0 radical (unpaired) electrons. The first-order chi connectivity index (χ1) is 9.02. The van der Waals surface area contributed by atoms with E-state index >= 15 is 0 Å². The highest BCUT2D eigenvalue weighted by Gasteiger charge is 2.19. The molecule has 1 rings (SSSR count). The number of carbonyl (C=O) groups is 1. The van der Waals surface area contributed by atoms with Gasteiger partial charge in [0.05, 0.1) is 24.3 Å². The SMILES string of the molecule is CC(C)OC1C=C(C(=O)NC=N/C=C\S)C=C(O)C1. The van der Waals surface area contributed by atoms with Crippen LogP contribution in [0.15, 0.2) is 40.1 Å². The summed E-state index contributed by atoms with van der Waals surface area (Å²) in [5.41, 5.74) is 0.357. The summed E-state index contributed by atoms with van der Waals surface area (Å²) in [5, 5.41) is 13.6. The van der Waals surface area contributed by atoms with Crippen molar-refractivity contribution in [2.75, 3.05) is 0 Å². The second-order valence-corrected chi connectivity index (χ2v) is 4.53. The van der Waals surface area contributed by atoms with E-state index in [2.05, 4.69) is 22.9 Å². The second kappa shape index (κ2) is 7.81. The first kappa shape index (κ1) is 15.5. The van der Waals surface area contributed by atoms with Gasteiger partial charge in [0, 0.05) is 18.2 Å². The average Bonchev–Trinajstić information content (AvgIpc) is 2.32. The number of thiol groups is 1. The Hall–Kier alpha value is -1.53. The van der Waals surface area contributed by atoms with E-state index in [4.69, 9.17) is 4.74 Å². The predicted molar refractivity (Wildman–Crippen MR) is 78.2 cm³/mol. The highest BCUT2D eigenvalue weighted by Crippen LogP contribution is 2.19. The van der Waals surface area contributed by atoms with Crippen LogP contribution in [0.2, 0.25) is 0 Å². The van der Waals surface area contributed by atoms with E-state index in [1.165, 1.54) is 24.0 Å². The molecular weight excluding hydrogens is 264 g/mol. The third kappa shape index (κ3) is 5.76. The number of hydrogen-bond acceptors (Lipinski definition) is 5. The first-order valence-electron chi connectivity index (χ1n) is 5.91. The minimum Gasteiger partial charge on any atom is -0.512 e. The van der Waals surface area contributed by atoms with Crippen molar-refractivity contribution in [3.63, 3.8) is 0 Å². The van der Waals surface area contributed by atoms with Crippen LogP contribution < -0.4 is 5.32 Å². The van der Waals surface area contributed by atoms with Crippen LogP contribution in [0.5, 0.6) is 0 Å². The van der Waals surface area contributed by atoms with Crippen LogP contribution in [0.1, 0.15) is 20.3 Å². The van der Waals surface area contributed by atoms with Gasteiger partial charge in [0.2, 0.25) is 0 Å². The molecule has 0 heterocycles. The Labute approximate surface area is 118 Å². The van der Waals surface area contributed by atoms with E-state index in [9.17, 15) is 9.90 Å². The molecule has 0 aromatic carbocycles. The molecular formula is C13H18N2O3S. The number of aliphatic hydroxyl groups excluding tert-OH is 1. The lowest BCUT2D eigenvalue weighted by molar-refractivity contribution is -0.116. The van der Waals surface area contributed by atoms with E-state index in [0.717, 1.165) is 0 Å². The number of aliphatic hydroxyl groups is 1. The average molecular weight is 282 g/mol. The number of carbonyl (C=O) groups excluding carboxylic acids is 1. The van der Waals surface area contributed by atoms with E-state index in [1.807, 2.05) is 13.8 Å². The van der Waals surface area contributed by atoms with Gasteiger partial charge < -0.3 is 15.2 Å². The summed E-state index contributed by atoms with van der Waals surface area (Å²) in [6.45, 7) is 3.80. The van der Waals surface area contributed by atoms with E-state index < -0.39 is 0 Å². The highest BCUT2D eigenvalue weighted by molar-refractivity contribution is 7.83. The third-order valence-electron chi connectivity index (χ3n) is 2.23. The number of aliphatic imine (C=N–C) groups is 1. The number of nitrogens with zero attached hydrogens (tertiary/aromatic N) is 1. The standard InChI is InChI=1S/C13H18N2O3S/c1-9(2)18-12-6-10(5-11(16)7-12)13(17)15-8-14-3-4-19/h3-6,8-9,12,16,19H,7H2,1-2H3,(H,14,15,17)/b4-3-. The molecule has 0 spiro atoms. The number of amides is 1. The Morgan fingerprint density at radius 2 is 2.42 bits per heavy atom. The van der Waals surface area contributed by atoms with Gasteiger partial charge in [0.1, 0.15) is 0 Å². The molecule has 1 aliphatic carbocycles. The minimum atomic E-state index is -0.347. The molecule has 0 fully saturated rings. The number of ether oxygens (including phenoxy) is 1. The van der Waals surface area contributed by atoms with Crippen molar-refractivity contribution < 1.29 is 14.6 Å². The zero-order valence-electron chi connectivity index (χ0n) is 10.9. The Bertz CT molecular complexity index is 439. The van der Waals surface area contributed by atoms with Crippen molar-refractivity contribution in [3.8, 4) is 0 Å². The number of hydrogen-bond donors (Lipinski definition) is 3. The Morgan fingerprint density at radius 1 is 1.68 bits per heavy atom. The molecule has 2 N–H and O–H groups in total. The summed E-state index contributed by atoms with van der Waals surface area (Å²) in [6, 6.07) is 0. The zero-order chi connectivity index (χ0) is 14.3. The quantitative estimate of drug-likeness (QED) is 0.411. The summed E-state index contributed by atoms with van der Waals surface area (Å²) in [7, 11) is 0. The minimum absolute atomic E-state index is 0.0264. The third-order valence-corrected chi connectivity index (χ3v) is 2.36. The smallest absolute Gasteiger partial charge is 0.256 e. The molecule has 1 aliphatic rings. The van der Waals surface area contributed by atoms with Gasteiger partial charge in [-0.2, -0.15) is 0 Å². The van der Waals surface area contributed by atoms with Crippen molar-refractivity contribution >= 4 is 24.9 Å².